The van der Waals surface area contributed by atoms with Gasteiger partial charge in [0.15, 0.2) is 0 Å². The molecular weight excluding hydrogens is 444 g/mol. The third-order valence-electron chi connectivity index (χ3n) is 5.96. The maximum atomic E-state index is 13.1. The zero-order valence-corrected chi connectivity index (χ0v) is 18.7. The van der Waals surface area contributed by atoms with Crippen LogP contribution in [0, 0.1) is 0 Å². The first-order valence-corrected chi connectivity index (χ1v) is 12.2. The number of aromatic nitrogens is 1. The molecule has 33 heavy (non-hydrogen) atoms. The highest BCUT2D eigenvalue weighted by Gasteiger charge is 2.24. The van der Waals surface area contributed by atoms with Gasteiger partial charge in [-0.3, -0.25) is 9.78 Å². The topological polar surface area (TPSA) is 133 Å². The number of ether oxygens (including phenoxy) is 2. The molecule has 0 saturated carbocycles. The molecule has 0 aliphatic carbocycles. The molecule has 3 heterocycles. The third-order valence-corrected chi connectivity index (χ3v) is 7.48. The van der Waals surface area contributed by atoms with Gasteiger partial charge >= 0.3 is 0 Å². The van der Waals surface area contributed by atoms with E-state index in [1.165, 1.54) is 18.3 Å². The summed E-state index contributed by atoms with van der Waals surface area (Å²) in [6.07, 6.45) is 3.37. The number of hydrogen-bond donors (Lipinski definition) is 3. The minimum Gasteiger partial charge on any atom is -0.493 e. The molecule has 10 heteroatoms. The van der Waals surface area contributed by atoms with Gasteiger partial charge in [-0.05, 0) is 43.2 Å². The number of fused-ring (bicyclic) bond motifs is 2. The summed E-state index contributed by atoms with van der Waals surface area (Å²) < 4.78 is 39.9. The molecule has 0 atom stereocenters. The summed E-state index contributed by atoms with van der Waals surface area (Å²) in [4.78, 5) is 16.6. The molecule has 4 N–H and O–H groups in total. The van der Waals surface area contributed by atoms with Crippen LogP contribution in [0.15, 0.2) is 47.5 Å². The van der Waals surface area contributed by atoms with Gasteiger partial charge in [0, 0.05) is 48.5 Å². The molecule has 3 aromatic rings. The van der Waals surface area contributed by atoms with Crippen LogP contribution in [0.5, 0.6) is 5.75 Å². The van der Waals surface area contributed by atoms with Crippen LogP contribution in [0.3, 0.4) is 0 Å². The van der Waals surface area contributed by atoms with Crippen LogP contribution in [0.1, 0.15) is 28.8 Å². The largest absolute Gasteiger partial charge is 0.493 e. The van der Waals surface area contributed by atoms with Crippen molar-refractivity contribution >= 4 is 38.2 Å². The Morgan fingerprint density at radius 2 is 1.94 bits per heavy atom. The summed E-state index contributed by atoms with van der Waals surface area (Å²) in [6.45, 7) is 1.63. The normalized spacial score (nSPS) is 16.4. The number of hydrogen-bond acceptors (Lipinski definition) is 7. The van der Waals surface area contributed by atoms with Crippen molar-refractivity contribution in [2.75, 3.05) is 25.1 Å². The fourth-order valence-corrected chi connectivity index (χ4v) is 5.57. The van der Waals surface area contributed by atoms with Crippen molar-refractivity contribution in [1.82, 2.24) is 9.71 Å². The Balaban J connectivity index is 1.59. The van der Waals surface area contributed by atoms with Crippen molar-refractivity contribution in [3.05, 3.63) is 53.7 Å². The van der Waals surface area contributed by atoms with Crippen LogP contribution in [0.25, 0.3) is 10.9 Å². The zero-order chi connectivity index (χ0) is 23.0. The Morgan fingerprint density at radius 1 is 1.12 bits per heavy atom. The number of anilines is 2. The summed E-state index contributed by atoms with van der Waals surface area (Å²) in [5.74, 6) is 0.118. The predicted molar refractivity (Wildman–Crippen MR) is 123 cm³/mol. The van der Waals surface area contributed by atoms with E-state index >= 15 is 0 Å². The van der Waals surface area contributed by atoms with Gasteiger partial charge in [-0.1, -0.05) is 6.07 Å². The number of benzene rings is 2. The first kappa shape index (κ1) is 21.6. The molecule has 9 nitrogen and oxygen atoms in total. The van der Waals surface area contributed by atoms with Gasteiger partial charge in [0.05, 0.1) is 28.3 Å². The predicted octanol–water partition coefficient (Wildman–Crippen LogP) is 2.47. The second-order valence-corrected chi connectivity index (χ2v) is 9.82. The van der Waals surface area contributed by atoms with Crippen molar-refractivity contribution < 1.29 is 22.7 Å². The number of primary amides is 1. The first-order valence-electron chi connectivity index (χ1n) is 10.8. The maximum absolute atomic E-state index is 13.1. The number of carbonyl (C=O) groups excluding carboxylic acids is 1. The highest BCUT2D eigenvalue weighted by Crippen LogP contribution is 2.36. The number of carbonyl (C=O) groups is 1. The van der Waals surface area contributed by atoms with E-state index in [9.17, 15) is 13.2 Å². The monoisotopic (exact) mass is 468 g/mol. The Hall–Kier alpha value is -3.21. The zero-order valence-electron chi connectivity index (χ0n) is 17.8. The average Bonchev–Trinajstić information content (AvgIpc) is 3.29. The van der Waals surface area contributed by atoms with Crippen LogP contribution in [-0.4, -0.2) is 45.2 Å². The van der Waals surface area contributed by atoms with Crippen LogP contribution < -0.4 is 20.5 Å². The maximum Gasteiger partial charge on any atom is 0.252 e. The fraction of sp³-hybridized carbons (Fsp3) is 0.304. The molecule has 172 valence electrons. The molecule has 2 aliphatic rings. The molecule has 1 aromatic heterocycles. The van der Waals surface area contributed by atoms with E-state index in [1.54, 1.807) is 6.07 Å². The Bertz CT molecular complexity index is 1340. The van der Waals surface area contributed by atoms with Gasteiger partial charge in [-0.15, -0.1) is 0 Å². The molecule has 0 radical (unpaired) electrons. The number of nitrogens with two attached hydrogens (primary N) is 1. The van der Waals surface area contributed by atoms with Crippen molar-refractivity contribution in [1.29, 1.82) is 0 Å². The number of rotatable bonds is 6. The molecule has 2 aromatic carbocycles. The molecule has 1 saturated heterocycles. The summed E-state index contributed by atoms with van der Waals surface area (Å²) >= 11 is 0. The highest BCUT2D eigenvalue weighted by molar-refractivity contribution is 7.89. The minimum atomic E-state index is -3.78. The fourth-order valence-electron chi connectivity index (χ4n) is 4.24. The smallest absolute Gasteiger partial charge is 0.252 e. The van der Waals surface area contributed by atoms with Crippen LogP contribution in [-0.2, 0) is 21.2 Å². The molecule has 1 amide bonds. The van der Waals surface area contributed by atoms with Crippen molar-refractivity contribution in [3.8, 4) is 5.75 Å². The van der Waals surface area contributed by atoms with Crippen molar-refractivity contribution in [2.24, 2.45) is 5.73 Å². The van der Waals surface area contributed by atoms with Gasteiger partial charge in [-0.2, -0.15) is 0 Å². The van der Waals surface area contributed by atoms with Crippen LogP contribution in [0.2, 0.25) is 0 Å². The lowest BCUT2D eigenvalue weighted by molar-refractivity contribution is 0.0832. The molecule has 5 rings (SSSR count). The van der Waals surface area contributed by atoms with E-state index in [2.05, 4.69) is 15.0 Å². The second kappa shape index (κ2) is 8.62. The standard InChI is InChI=1S/C23H24N4O5S/c24-23(28)18-13-25-19-5-4-15(33(29,30)27-14-6-9-31-10-7-14)12-17(19)22(18)26-20-2-1-3-21-16(20)8-11-32-21/h1-5,12-14,27H,6-11H2,(H2,24,28)(H,25,26). The van der Waals surface area contributed by atoms with E-state index in [-0.39, 0.29) is 16.5 Å². The third kappa shape index (κ3) is 4.24. The van der Waals surface area contributed by atoms with Crippen LogP contribution in [0.4, 0.5) is 11.4 Å². The first-order chi connectivity index (χ1) is 15.9. The van der Waals surface area contributed by atoms with E-state index in [0.29, 0.717) is 49.3 Å². The van der Waals surface area contributed by atoms with Gasteiger partial charge in [0.2, 0.25) is 10.0 Å². The van der Waals surface area contributed by atoms with E-state index < -0.39 is 15.9 Å². The number of sulfonamides is 1. The number of pyridine rings is 1. The lowest BCUT2D eigenvalue weighted by atomic mass is 10.1. The van der Waals surface area contributed by atoms with E-state index in [0.717, 1.165) is 23.4 Å². The summed E-state index contributed by atoms with van der Waals surface area (Å²) in [7, 11) is -3.78. The van der Waals surface area contributed by atoms with Gasteiger partial charge in [-0.25, -0.2) is 13.1 Å². The van der Waals surface area contributed by atoms with Gasteiger partial charge in [0.25, 0.3) is 5.91 Å². The summed E-state index contributed by atoms with van der Waals surface area (Å²) in [5.41, 5.74) is 8.52. The summed E-state index contributed by atoms with van der Waals surface area (Å²) in [6, 6.07) is 10.1. The number of amides is 1. The average molecular weight is 469 g/mol. The molecule has 2 aliphatic heterocycles. The summed E-state index contributed by atoms with van der Waals surface area (Å²) in [5, 5.41) is 3.79. The Kier molecular flexibility index (Phi) is 5.65. The van der Waals surface area contributed by atoms with Gasteiger partial charge in [0.1, 0.15) is 5.75 Å². The Labute approximate surface area is 191 Å². The lowest BCUT2D eigenvalue weighted by Crippen LogP contribution is -2.38. The SMILES string of the molecule is NC(=O)c1cnc2ccc(S(=O)(=O)NC3CCOCC3)cc2c1Nc1cccc2c1CCO2. The van der Waals surface area contributed by atoms with Crippen molar-refractivity contribution in [3.63, 3.8) is 0 Å². The van der Waals surface area contributed by atoms with E-state index in [4.69, 9.17) is 15.2 Å². The second-order valence-electron chi connectivity index (χ2n) is 8.10. The molecule has 0 bridgehead atoms. The van der Waals surface area contributed by atoms with Gasteiger partial charge < -0.3 is 20.5 Å². The Morgan fingerprint density at radius 3 is 2.73 bits per heavy atom. The molecule has 0 spiro atoms. The number of nitrogens with one attached hydrogen (secondary N) is 2. The van der Waals surface area contributed by atoms with Crippen LogP contribution >= 0.6 is 0 Å². The van der Waals surface area contributed by atoms with Crippen molar-refractivity contribution in [2.45, 2.75) is 30.2 Å². The van der Waals surface area contributed by atoms with E-state index in [1.807, 2.05) is 18.2 Å². The minimum absolute atomic E-state index is 0.0922. The molecule has 0 unspecified atom stereocenters. The quantitative estimate of drug-likeness (QED) is 0.506. The number of nitrogens with zero attached hydrogens (tertiary/aromatic N) is 1. The molecule has 1 fully saturated rings. The highest BCUT2D eigenvalue weighted by atomic mass is 32.2. The molecular formula is C23H24N4O5S. The lowest BCUT2D eigenvalue weighted by Gasteiger charge is -2.23.